The van der Waals surface area contributed by atoms with Crippen LogP contribution in [0.2, 0.25) is 0 Å². The molecule has 0 saturated carbocycles. The van der Waals surface area contributed by atoms with Crippen LogP contribution in [-0.2, 0) is 4.74 Å². The smallest absolute Gasteiger partial charge is 0.342 e. The first kappa shape index (κ1) is 16.0. The van der Waals surface area contributed by atoms with Crippen LogP contribution in [0.15, 0.2) is 34.1 Å². The molecule has 0 bridgehead atoms. The van der Waals surface area contributed by atoms with Gasteiger partial charge in [-0.15, -0.1) is 11.3 Å². The molecular weight excluding hydrogens is 376 g/mol. The van der Waals surface area contributed by atoms with Crippen molar-refractivity contribution < 1.29 is 9.53 Å². The number of carbonyl (C=O) groups excluding carboxylic acids is 1. The van der Waals surface area contributed by atoms with Gasteiger partial charge in [-0.1, -0.05) is 28.1 Å². The summed E-state index contributed by atoms with van der Waals surface area (Å²) in [5, 5.41) is 2.83. The molecule has 3 rings (SSSR count). The molecule has 4 nitrogen and oxygen atoms in total. The Labute approximate surface area is 146 Å². The van der Waals surface area contributed by atoms with Crippen molar-refractivity contribution in [1.82, 2.24) is 4.98 Å². The minimum atomic E-state index is -0.428. The molecule has 1 aromatic carbocycles. The topological polar surface area (TPSA) is 65.2 Å². The summed E-state index contributed by atoms with van der Waals surface area (Å²) in [4.78, 5) is 17.6. The van der Waals surface area contributed by atoms with E-state index in [-0.39, 0.29) is 0 Å². The van der Waals surface area contributed by atoms with Crippen molar-refractivity contribution in [2.45, 2.75) is 13.8 Å². The van der Waals surface area contributed by atoms with Crippen LogP contribution in [-0.4, -0.2) is 17.6 Å². The van der Waals surface area contributed by atoms with Gasteiger partial charge in [0, 0.05) is 20.8 Å². The molecule has 118 valence electrons. The van der Waals surface area contributed by atoms with Crippen LogP contribution < -0.4 is 5.73 Å². The van der Waals surface area contributed by atoms with Gasteiger partial charge in [0.1, 0.15) is 10.4 Å². The third kappa shape index (κ3) is 2.84. The van der Waals surface area contributed by atoms with Crippen LogP contribution in [0.1, 0.15) is 23.0 Å². The minimum absolute atomic E-state index is 0.303. The van der Waals surface area contributed by atoms with E-state index >= 15 is 0 Å². The monoisotopic (exact) mass is 390 g/mol. The van der Waals surface area contributed by atoms with Gasteiger partial charge in [-0.3, -0.25) is 0 Å². The normalized spacial score (nSPS) is 10.9. The van der Waals surface area contributed by atoms with Crippen molar-refractivity contribution in [1.29, 1.82) is 0 Å². The van der Waals surface area contributed by atoms with Crippen molar-refractivity contribution in [3.8, 4) is 11.1 Å². The number of esters is 1. The second kappa shape index (κ2) is 6.29. The van der Waals surface area contributed by atoms with Crippen LogP contribution in [0.25, 0.3) is 21.3 Å². The molecule has 0 fully saturated rings. The summed E-state index contributed by atoms with van der Waals surface area (Å²) in [6.45, 7) is 3.85. The fraction of sp³-hybridized carbons (Fsp3) is 0.176. The highest BCUT2D eigenvalue weighted by molar-refractivity contribution is 9.10. The molecule has 2 aromatic heterocycles. The van der Waals surface area contributed by atoms with Crippen LogP contribution in [0.5, 0.6) is 0 Å². The van der Waals surface area contributed by atoms with Gasteiger partial charge in [0.25, 0.3) is 0 Å². The maximum atomic E-state index is 12.2. The molecule has 2 N–H and O–H groups in total. The summed E-state index contributed by atoms with van der Waals surface area (Å²) >= 11 is 5.00. The van der Waals surface area contributed by atoms with Gasteiger partial charge in [-0.2, -0.15) is 0 Å². The quantitative estimate of drug-likeness (QED) is 0.652. The highest BCUT2D eigenvalue weighted by Crippen LogP contribution is 2.39. The van der Waals surface area contributed by atoms with Gasteiger partial charge in [0.05, 0.1) is 18.0 Å². The SMILES string of the molecule is CCOC(=O)c1c(C)nc2scc(-c3cccc(Br)c3)c2c1N. The van der Waals surface area contributed by atoms with E-state index in [1.54, 1.807) is 13.8 Å². The molecule has 0 saturated heterocycles. The number of carbonyl (C=O) groups is 1. The van der Waals surface area contributed by atoms with Crippen molar-refractivity contribution in [3.63, 3.8) is 0 Å². The Kier molecular flexibility index (Phi) is 4.37. The number of hydrogen-bond acceptors (Lipinski definition) is 5. The summed E-state index contributed by atoms with van der Waals surface area (Å²) < 4.78 is 6.10. The van der Waals surface area contributed by atoms with E-state index in [0.29, 0.717) is 23.6 Å². The van der Waals surface area contributed by atoms with Crippen LogP contribution in [0, 0.1) is 6.92 Å². The third-order valence-electron chi connectivity index (χ3n) is 3.56. The molecule has 23 heavy (non-hydrogen) atoms. The van der Waals surface area contributed by atoms with Crippen molar-refractivity contribution in [2.24, 2.45) is 0 Å². The number of aryl methyl sites for hydroxylation is 1. The predicted molar refractivity (Wildman–Crippen MR) is 97.9 cm³/mol. The average Bonchev–Trinajstić information content (AvgIpc) is 2.91. The van der Waals surface area contributed by atoms with Gasteiger partial charge in [0.15, 0.2) is 0 Å². The summed E-state index contributed by atoms with van der Waals surface area (Å²) in [6, 6.07) is 7.96. The highest BCUT2D eigenvalue weighted by atomic mass is 79.9. The van der Waals surface area contributed by atoms with E-state index < -0.39 is 5.97 Å². The third-order valence-corrected chi connectivity index (χ3v) is 4.92. The number of anilines is 1. The lowest BCUT2D eigenvalue weighted by Crippen LogP contribution is -2.11. The second-order valence-corrected chi connectivity index (χ2v) is 6.82. The number of halogens is 1. The van der Waals surface area contributed by atoms with E-state index in [2.05, 4.69) is 20.9 Å². The van der Waals surface area contributed by atoms with Crippen molar-refractivity contribution >= 4 is 49.1 Å². The van der Waals surface area contributed by atoms with Crippen LogP contribution >= 0.6 is 27.3 Å². The molecule has 0 amide bonds. The Morgan fingerprint density at radius 1 is 1.43 bits per heavy atom. The largest absolute Gasteiger partial charge is 0.462 e. The minimum Gasteiger partial charge on any atom is -0.462 e. The Morgan fingerprint density at radius 2 is 2.22 bits per heavy atom. The molecular formula is C17H15BrN2O2S. The van der Waals surface area contributed by atoms with E-state index in [1.165, 1.54) is 11.3 Å². The lowest BCUT2D eigenvalue weighted by atomic mass is 10.0. The van der Waals surface area contributed by atoms with E-state index in [0.717, 1.165) is 25.8 Å². The molecule has 0 aliphatic rings. The summed E-state index contributed by atoms with van der Waals surface area (Å²) in [5.41, 5.74) is 9.71. The lowest BCUT2D eigenvalue weighted by molar-refractivity contribution is 0.0526. The van der Waals surface area contributed by atoms with Crippen molar-refractivity contribution in [2.75, 3.05) is 12.3 Å². The predicted octanol–water partition coefficient (Wildman–Crippen LogP) is 4.79. The molecule has 0 spiro atoms. The number of rotatable bonds is 3. The number of fused-ring (bicyclic) bond motifs is 1. The molecule has 0 unspecified atom stereocenters. The number of benzene rings is 1. The Balaban J connectivity index is 2.27. The van der Waals surface area contributed by atoms with E-state index in [9.17, 15) is 4.79 Å². The standard InChI is InChI=1S/C17H15BrN2O2S/c1-3-22-17(21)13-9(2)20-16-14(15(13)19)12(8-23-16)10-5-4-6-11(18)7-10/h4-8H,3H2,1-2H3,(H2,19,20). The van der Waals surface area contributed by atoms with E-state index in [1.807, 2.05) is 29.6 Å². The highest BCUT2D eigenvalue weighted by Gasteiger charge is 2.21. The Hall–Kier alpha value is -1.92. The molecule has 0 aliphatic heterocycles. The first-order valence-electron chi connectivity index (χ1n) is 7.13. The second-order valence-electron chi connectivity index (χ2n) is 5.05. The maximum absolute atomic E-state index is 12.2. The van der Waals surface area contributed by atoms with Crippen LogP contribution in [0.3, 0.4) is 0 Å². The zero-order valence-electron chi connectivity index (χ0n) is 12.7. The summed E-state index contributed by atoms with van der Waals surface area (Å²) in [5.74, 6) is -0.428. The van der Waals surface area contributed by atoms with Gasteiger partial charge in [0.2, 0.25) is 0 Å². The lowest BCUT2D eigenvalue weighted by Gasteiger charge is -2.10. The number of pyridine rings is 1. The van der Waals surface area contributed by atoms with Crippen molar-refractivity contribution in [3.05, 3.63) is 45.4 Å². The zero-order chi connectivity index (χ0) is 16.6. The molecule has 6 heteroatoms. The number of nitrogen functional groups attached to an aromatic ring is 1. The molecule has 2 heterocycles. The average molecular weight is 391 g/mol. The van der Waals surface area contributed by atoms with Gasteiger partial charge < -0.3 is 10.5 Å². The fourth-order valence-electron chi connectivity index (χ4n) is 2.55. The number of nitrogens with two attached hydrogens (primary N) is 1. The number of ether oxygens (including phenoxy) is 1. The zero-order valence-corrected chi connectivity index (χ0v) is 15.1. The first-order valence-corrected chi connectivity index (χ1v) is 8.80. The first-order chi connectivity index (χ1) is 11.0. The summed E-state index contributed by atoms with van der Waals surface area (Å²) in [7, 11) is 0. The molecule has 0 aliphatic carbocycles. The van der Waals surface area contributed by atoms with Gasteiger partial charge in [-0.05, 0) is 31.5 Å². The fourth-order valence-corrected chi connectivity index (χ4v) is 3.96. The van der Waals surface area contributed by atoms with Crippen LogP contribution in [0.4, 0.5) is 5.69 Å². The van der Waals surface area contributed by atoms with Gasteiger partial charge >= 0.3 is 5.97 Å². The Morgan fingerprint density at radius 3 is 2.91 bits per heavy atom. The molecule has 0 atom stereocenters. The van der Waals surface area contributed by atoms with E-state index in [4.69, 9.17) is 10.5 Å². The number of thiophene rings is 1. The number of aromatic nitrogens is 1. The van der Waals surface area contributed by atoms with Gasteiger partial charge in [-0.25, -0.2) is 9.78 Å². The molecule has 3 aromatic rings. The summed E-state index contributed by atoms with van der Waals surface area (Å²) in [6.07, 6.45) is 0. The number of hydrogen-bond donors (Lipinski definition) is 1. The molecule has 0 radical (unpaired) electrons. The maximum Gasteiger partial charge on any atom is 0.342 e. The Bertz CT molecular complexity index is 905. The number of nitrogens with zero attached hydrogens (tertiary/aromatic N) is 1.